The molecule has 2 rings (SSSR count). The van der Waals surface area contributed by atoms with Gasteiger partial charge in [-0.3, -0.25) is 14.4 Å². The number of hydrogen-bond acceptors (Lipinski definition) is 8. The van der Waals surface area contributed by atoms with Gasteiger partial charge in [0.2, 0.25) is 11.8 Å². The summed E-state index contributed by atoms with van der Waals surface area (Å²) >= 11 is 0. The maximum absolute atomic E-state index is 14.2. The molecular weight excluding hydrogens is 783 g/mol. The second kappa shape index (κ2) is 36.7. The number of unbranched alkanes of at least 4 members (excludes halogenated alkanes) is 25. The van der Waals surface area contributed by atoms with E-state index in [0.717, 1.165) is 56.9 Å². The molecule has 11 nitrogen and oxygen atoms in total. The molecule has 1 aromatic carbocycles. The molecule has 0 spiro atoms. The molecule has 1 fully saturated rings. The highest BCUT2D eigenvalue weighted by Crippen LogP contribution is 2.26. The molecule has 0 bridgehead atoms. The van der Waals surface area contributed by atoms with E-state index in [4.69, 9.17) is 9.84 Å². The van der Waals surface area contributed by atoms with Crippen molar-refractivity contribution in [2.45, 2.75) is 250 Å². The summed E-state index contributed by atoms with van der Waals surface area (Å²) in [4.78, 5) is 41.0. The van der Waals surface area contributed by atoms with E-state index in [1.807, 2.05) is 30.3 Å². The van der Waals surface area contributed by atoms with Crippen molar-refractivity contribution in [2.24, 2.45) is 0 Å². The van der Waals surface area contributed by atoms with E-state index in [2.05, 4.69) is 24.5 Å². The summed E-state index contributed by atoms with van der Waals surface area (Å²) in [6.45, 7) is 4.81. The maximum atomic E-state index is 14.2. The molecule has 6 atom stereocenters. The highest BCUT2D eigenvalue weighted by atomic mass is 16.5. The molecule has 0 radical (unpaired) electrons. The Labute approximate surface area is 376 Å². The molecule has 62 heavy (non-hydrogen) atoms. The summed E-state index contributed by atoms with van der Waals surface area (Å²) in [7, 11) is 0. The van der Waals surface area contributed by atoms with Gasteiger partial charge in [0.15, 0.2) is 6.23 Å². The fraction of sp³-hybridized carbons (Fsp3) is 0.824. The number of carboxylic acid groups (broad SMARTS) is 1. The Kier molecular flexibility index (Phi) is 32.9. The van der Waals surface area contributed by atoms with Crippen molar-refractivity contribution < 1.29 is 39.5 Å². The number of hydrogen-bond donors (Lipinski definition) is 6. The van der Waals surface area contributed by atoms with Crippen LogP contribution in [0.5, 0.6) is 0 Å². The molecule has 358 valence electrons. The quantitative estimate of drug-likeness (QED) is 0.0352. The SMILES string of the molecule is CCCCCCCCCCCCCCCCCC(=O)N(CCCCCCCCCCCC)[C@@H]1O[C@H](CO)[C@@H](O)[C@H](O)[C@@H]1NC(=O)[C@H](Cc1ccccc1)NCCCCCC(=O)O. The number of carbonyl (C=O) groups excluding carboxylic acids is 2. The van der Waals surface area contributed by atoms with Crippen molar-refractivity contribution in [3.05, 3.63) is 35.9 Å². The van der Waals surface area contributed by atoms with E-state index in [1.165, 1.54) is 109 Å². The Hall–Kier alpha value is -2.57. The number of aliphatic hydroxyl groups excluding tert-OH is 3. The third kappa shape index (κ3) is 25.1. The first-order valence-corrected chi connectivity index (χ1v) is 25.4. The number of aliphatic carboxylic acids is 1. The molecule has 11 heteroatoms. The van der Waals surface area contributed by atoms with Gasteiger partial charge in [0.05, 0.1) is 12.6 Å². The normalized spacial score (nSPS) is 19.3. The van der Waals surface area contributed by atoms with Crippen LogP contribution in [0.3, 0.4) is 0 Å². The molecule has 6 N–H and O–H groups in total. The topological polar surface area (TPSA) is 169 Å². The molecule has 0 aliphatic carbocycles. The number of carbonyl (C=O) groups is 3. The van der Waals surface area contributed by atoms with E-state index in [9.17, 15) is 29.7 Å². The number of rotatable bonds is 40. The van der Waals surface area contributed by atoms with Crippen molar-refractivity contribution in [3.8, 4) is 0 Å². The molecular formula is C51H91N3O8. The van der Waals surface area contributed by atoms with Gasteiger partial charge in [-0.1, -0.05) is 198 Å². The monoisotopic (exact) mass is 874 g/mol. The van der Waals surface area contributed by atoms with Crippen LogP contribution in [0, 0.1) is 0 Å². The minimum absolute atomic E-state index is 0.0971. The van der Waals surface area contributed by atoms with E-state index >= 15 is 0 Å². The van der Waals surface area contributed by atoms with Gasteiger partial charge in [0.1, 0.15) is 24.4 Å². The molecule has 0 saturated carbocycles. The number of benzene rings is 1. The smallest absolute Gasteiger partial charge is 0.303 e. The minimum atomic E-state index is -1.49. The molecule has 1 heterocycles. The van der Waals surface area contributed by atoms with Crippen LogP contribution >= 0.6 is 0 Å². The van der Waals surface area contributed by atoms with Crippen molar-refractivity contribution in [1.82, 2.24) is 15.5 Å². The number of aliphatic hydroxyl groups is 3. The maximum Gasteiger partial charge on any atom is 0.303 e. The van der Waals surface area contributed by atoms with Gasteiger partial charge < -0.3 is 40.7 Å². The van der Waals surface area contributed by atoms with Gasteiger partial charge >= 0.3 is 5.97 Å². The van der Waals surface area contributed by atoms with Crippen LogP contribution in [-0.2, 0) is 25.5 Å². The number of carboxylic acids is 1. The second-order valence-corrected chi connectivity index (χ2v) is 18.1. The molecule has 1 aromatic rings. The summed E-state index contributed by atoms with van der Waals surface area (Å²) < 4.78 is 6.29. The van der Waals surface area contributed by atoms with Crippen LogP contribution in [0.1, 0.15) is 212 Å². The standard InChI is InChI=1S/C51H91N3O8/c1-3-5-7-9-11-13-15-16-17-18-19-20-22-24-30-36-45(56)54(39-33-25-23-21-14-12-10-8-6-4-2)51-47(49(60)48(59)44(41-55)62-51)53-50(61)43(40-42-34-28-26-29-35-42)52-38-32-27-31-37-46(57)58/h26,28-29,34-35,43-44,47-49,51-52,55,59-60H,3-25,27,30-33,36-41H2,1-2H3,(H,53,61)(H,57,58)/t43-,44+,47-,48+,49+,51+/m0/s1. The zero-order valence-electron chi connectivity index (χ0n) is 39.3. The third-order valence-corrected chi connectivity index (χ3v) is 12.6. The van der Waals surface area contributed by atoms with Crippen molar-refractivity contribution in [2.75, 3.05) is 19.7 Å². The Morgan fingerprint density at radius 3 is 1.60 bits per heavy atom. The predicted octanol–water partition coefficient (Wildman–Crippen LogP) is 9.77. The largest absolute Gasteiger partial charge is 0.481 e. The zero-order valence-corrected chi connectivity index (χ0v) is 39.3. The summed E-state index contributed by atoms with van der Waals surface area (Å²) in [6, 6.07) is 7.77. The molecule has 0 unspecified atom stereocenters. The lowest BCUT2D eigenvalue weighted by atomic mass is 9.94. The van der Waals surface area contributed by atoms with E-state index in [0.29, 0.717) is 45.2 Å². The van der Waals surface area contributed by atoms with Crippen LogP contribution in [0.4, 0.5) is 0 Å². The Balaban J connectivity index is 2.09. The lowest BCUT2D eigenvalue weighted by molar-refractivity contribution is -0.231. The second-order valence-electron chi connectivity index (χ2n) is 18.1. The average Bonchev–Trinajstić information content (AvgIpc) is 3.27. The lowest BCUT2D eigenvalue weighted by Gasteiger charge is -2.47. The first-order chi connectivity index (χ1) is 30.2. The third-order valence-electron chi connectivity index (χ3n) is 12.6. The van der Waals surface area contributed by atoms with E-state index < -0.39 is 55.1 Å². The van der Waals surface area contributed by atoms with Crippen LogP contribution in [0.2, 0.25) is 0 Å². The minimum Gasteiger partial charge on any atom is -0.481 e. The zero-order chi connectivity index (χ0) is 45.0. The number of nitrogens with zero attached hydrogens (tertiary/aromatic N) is 1. The van der Waals surface area contributed by atoms with Gasteiger partial charge in [-0.2, -0.15) is 0 Å². The van der Waals surface area contributed by atoms with Crippen LogP contribution in [0.25, 0.3) is 0 Å². The number of amides is 2. The predicted molar refractivity (Wildman–Crippen MR) is 251 cm³/mol. The fourth-order valence-electron chi connectivity index (χ4n) is 8.70. The molecule has 1 aliphatic heterocycles. The number of ether oxygens (including phenoxy) is 1. The highest BCUT2D eigenvalue weighted by molar-refractivity contribution is 5.83. The first kappa shape index (κ1) is 55.6. The Morgan fingerprint density at radius 2 is 1.10 bits per heavy atom. The van der Waals surface area contributed by atoms with Gasteiger partial charge in [0.25, 0.3) is 0 Å². The lowest BCUT2D eigenvalue weighted by Crippen LogP contribution is -2.70. The summed E-state index contributed by atoms with van der Waals surface area (Å²) in [5.41, 5.74) is 0.935. The highest BCUT2D eigenvalue weighted by Gasteiger charge is 2.48. The summed E-state index contributed by atoms with van der Waals surface area (Å²) in [5.74, 6) is -1.34. The van der Waals surface area contributed by atoms with Crippen molar-refractivity contribution in [3.63, 3.8) is 0 Å². The van der Waals surface area contributed by atoms with Crippen LogP contribution in [0.15, 0.2) is 30.3 Å². The van der Waals surface area contributed by atoms with Gasteiger partial charge in [-0.15, -0.1) is 0 Å². The molecule has 0 aromatic heterocycles. The van der Waals surface area contributed by atoms with Crippen LogP contribution < -0.4 is 10.6 Å². The summed E-state index contributed by atoms with van der Waals surface area (Å²) in [5, 5.41) is 48.2. The Bertz CT molecular complexity index is 1250. The van der Waals surface area contributed by atoms with Crippen molar-refractivity contribution in [1.29, 1.82) is 0 Å². The van der Waals surface area contributed by atoms with Gasteiger partial charge in [0, 0.05) is 19.4 Å². The average molecular weight is 874 g/mol. The van der Waals surface area contributed by atoms with Gasteiger partial charge in [-0.05, 0) is 44.2 Å². The van der Waals surface area contributed by atoms with Gasteiger partial charge in [-0.25, -0.2) is 0 Å². The number of nitrogens with one attached hydrogen (secondary N) is 2. The van der Waals surface area contributed by atoms with Crippen molar-refractivity contribution >= 4 is 17.8 Å². The molecule has 2 amide bonds. The Morgan fingerprint density at radius 1 is 0.629 bits per heavy atom. The summed E-state index contributed by atoms with van der Waals surface area (Å²) in [6.07, 6.45) is 27.5. The molecule has 1 saturated heterocycles. The van der Waals surface area contributed by atoms with E-state index in [1.54, 1.807) is 4.90 Å². The molecule has 1 aliphatic rings. The fourth-order valence-corrected chi connectivity index (χ4v) is 8.70. The van der Waals surface area contributed by atoms with E-state index in [-0.39, 0.29) is 12.3 Å². The van der Waals surface area contributed by atoms with Crippen LogP contribution in [-0.4, -0.2) is 99.4 Å². The first-order valence-electron chi connectivity index (χ1n) is 25.4.